The summed E-state index contributed by atoms with van der Waals surface area (Å²) in [5.41, 5.74) is 0.0859. The molecule has 0 saturated heterocycles. The van der Waals surface area contributed by atoms with Crippen molar-refractivity contribution in [2.24, 2.45) is 5.92 Å². The van der Waals surface area contributed by atoms with Crippen LogP contribution in [-0.4, -0.2) is 28.5 Å². The van der Waals surface area contributed by atoms with Gasteiger partial charge in [-0.05, 0) is 59.7 Å². The molecule has 45 heavy (non-hydrogen) atoms. The SMILES string of the molecule is CC(C)C(=O)NCc1ccc(Cl)c(C(=O)Nc2ccc3c(c2)cc(C(=O)NCc2ccc(C(F)(F)F)cc2)n3CC(F)(F)F)c1. The number of benzene rings is 3. The van der Waals surface area contributed by atoms with Crippen LogP contribution in [-0.2, 0) is 30.6 Å². The molecule has 4 aromatic rings. The number of rotatable bonds is 9. The van der Waals surface area contributed by atoms with Gasteiger partial charge in [0.25, 0.3) is 11.8 Å². The molecular weight excluding hydrogens is 626 g/mol. The van der Waals surface area contributed by atoms with E-state index in [1.54, 1.807) is 19.9 Å². The molecule has 0 aliphatic carbocycles. The topological polar surface area (TPSA) is 92.2 Å². The Kier molecular flexibility index (Phi) is 9.81. The molecule has 7 nitrogen and oxygen atoms in total. The van der Waals surface area contributed by atoms with Crippen molar-refractivity contribution in [3.63, 3.8) is 0 Å². The lowest BCUT2D eigenvalue weighted by atomic mass is 10.1. The lowest BCUT2D eigenvalue weighted by molar-refractivity contribution is -0.140. The van der Waals surface area contributed by atoms with Crippen molar-refractivity contribution in [2.45, 2.75) is 45.8 Å². The summed E-state index contributed by atoms with van der Waals surface area (Å²) in [5.74, 6) is -1.89. The average molecular weight is 653 g/mol. The van der Waals surface area contributed by atoms with Gasteiger partial charge in [0.05, 0.1) is 16.1 Å². The molecule has 1 heterocycles. The number of aromatic nitrogens is 1. The zero-order valence-corrected chi connectivity index (χ0v) is 24.6. The molecule has 0 bridgehead atoms. The highest BCUT2D eigenvalue weighted by Crippen LogP contribution is 2.30. The second kappa shape index (κ2) is 13.2. The first-order chi connectivity index (χ1) is 21.0. The number of nitrogens with zero attached hydrogens (tertiary/aromatic N) is 1. The Labute approximate surface area is 258 Å². The Morgan fingerprint density at radius 2 is 1.44 bits per heavy atom. The van der Waals surface area contributed by atoms with E-state index in [0.29, 0.717) is 11.1 Å². The number of hydrogen-bond acceptors (Lipinski definition) is 3. The van der Waals surface area contributed by atoms with Crippen molar-refractivity contribution in [3.8, 4) is 0 Å². The van der Waals surface area contributed by atoms with Gasteiger partial charge >= 0.3 is 12.4 Å². The highest BCUT2D eigenvalue weighted by atomic mass is 35.5. The van der Waals surface area contributed by atoms with Crippen LogP contribution in [0.2, 0.25) is 5.02 Å². The summed E-state index contributed by atoms with van der Waals surface area (Å²) in [4.78, 5) is 37.9. The van der Waals surface area contributed by atoms with E-state index in [0.717, 1.165) is 28.8 Å². The van der Waals surface area contributed by atoms with Crippen LogP contribution < -0.4 is 16.0 Å². The van der Waals surface area contributed by atoms with Crippen LogP contribution in [0.15, 0.2) is 66.7 Å². The fourth-order valence-electron chi connectivity index (χ4n) is 4.42. The van der Waals surface area contributed by atoms with E-state index >= 15 is 0 Å². The highest BCUT2D eigenvalue weighted by molar-refractivity contribution is 6.34. The predicted octanol–water partition coefficient (Wildman–Crippen LogP) is 7.33. The van der Waals surface area contributed by atoms with Gasteiger partial charge in [-0.25, -0.2) is 0 Å². The fourth-order valence-corrected chi connectivity index (χ4v) is 4.62. The van der Waals surface area contributed by atoms with Gasteiger partial charge in [0, 0.05) is 35.6 Å². The zero-order chi connectivity index (χ0) is 33.1. The van der Waals surface area contributed by atoms with Crippen LogP contribution in [0, 0.1) is 5.92 Å². The lowest BCUT2D eigenvalue weighted by Crippen LogP contribution is -2.28. The normalized spacial score (nSPS) is 12.0. The summed E-state index contributed by atoms with van der Waals surface area (Å²) in [6, 6.07) is 14.0. The maximum Gasteiger partial charge on any atom is 0.416 e. The Morgan fingerprint density at radius 1 is 0.800 bits per heavy atom. The third kappa shape index (κ3) is 8.56. The van der Waals surface area contributed by atoms with Gasteiger partial charge < -0.3 is 20.5 Å². The van der Waals surface area contributed by atoms with Crippen molar-refractivity contribution < 1.29 is 40.7 Å². The van der Waals surface area contributed by atoms with Gasteiger partial charge in [0.1, 0.15) is 12.2 Å². The van der Waals surface area contributed by atoms with Crippen LogP contribution >= 0.6 is 11.6 Å². The van der Waals surface area contributed by atoms with Gasteiger partial charge in [-0.2, -0.15) is 26.3 Å². The smallest absolute Gasteiger partial charge is 0.352 e. The minimum absolute atomic E-state index is 0.0610. The first kappa shape index (κ1) is 33.4. The summed E-state index contributed by atoms with van der Waals surface area (Å²) in [5, 5.41) is 8.18. The van der Waals surface area contributed by atoms with E-state index in [4.69, 9.17) is 11.6 Å². The Bertz CT molecular complexity index is 1730. The molecule has 14 heteroatoms. The predicted molar refractivity (Wildman–Crippen MR) is 157 cm³/mol. The van der Waals surface area contributed by atoms with Crippen molar-refractivity contribution in [2.75, 3.05) is 5.32 Å². The monoisotopic (exact) mass is 652 g/mol. The number of carbonyl (C=O) groups is 3. The molecule has 0 atom stereocenters. The third-order valence-electron chi connectivity index (χ3n) is 6.73. The van der Waals surface area contributed by atoms with Crippen molar-refractivity contribution in [1.82, 2.24) is 15.2 Å². The molecule has 3 N–H and O–H groups in total. The maximum absolute atomic E-state index is 13.5. The number of alkyl halides is 6. The van der Waals surface area contributed by atoms with E-state index in [-0.39, 0.29) is 57.8 Å². The Hall–Kier alpha value is -4.52. The summed E-state index contributed by atoms with van der Waals surface area (Å²) in [7, 11) is 0. The summed E-state index contributed by atoms with van der Waals surface area (Å²) in [6.07, 6.45) is -9.22. The molecule has 0 aliphatic rings. The number of nitrogens with one attached hydrogen (secondary N) is 3. The van der Waals surface area contributed by atoms with E-state index < -0.39 is 36.3 Å². The summed E-state index contributed by atoms with van der Waals surface area (Å²) in [6.45, 7) is 1.93. The summed E-state index contributed by atoms with van der Waals surface area (Å²) >= 11 is 6.24. The first-order valence-electron chi connectivity index (χ1n) is 13.5. The molecule has 3 amide bonds. The van der Waals surface area contributed by atoms with Crippen LogP contribution in [0.1, 0.15) is 51.4 Å². The molecule has 1 aromatic heterocycles. The minimum atomic E-state index is -4.68. The number of halogens is 7. The van der Waals surface area contributed by atoms with E-state index in [9.17, 15) is 40.7 Å². The third-order valence-corrected chi connectivity index (χ3v) is 7.06. The van der Waals surface area contributed by atoms with E-state index in [1.165, 1.54) is 36.4 Å². The van der Waals surface area contributed by atoms with Gasteiger partial charge in [-0.3, -0.25) is 14.4 Å². The largest absolute Gasteiger partial charge is 0.416 e. The van der Waals surface area contributed by atoms with E-state index in [2.05, 4.69) is 16.0 Å². The van der Waals surface area contributed by atoms with Gasteiger partial charge in [0.15, 0.2) is 0 Å². The Balaban J connectivity index is 1.55. The number of amides is 3. The number of anilines is 1. The molecule has 0 saturated carbocycles. The molecule has 0 fully saturated rings. The van der Waals surface area contributed by atoms with Gasteiger partial charge in [-0.15, -0.1) is 0 Å². The van der Waals surface area contributed by atoms with Crippen molar-refractivity contribution in [1.29, 1.82) is 0 Å². The van der Waals surface area contributed by atoms with Crippen LogP contribution in [0.25, 0.3) is 10.9 Å². The number of carbonyl (C=O) groups excluding carboxylic acids is 3. The second-order valence-corrected chi connectivity index (χ2v) is 10.9. The molecule has 0 unspecified atom stereocenters. The molecule has 3 aromatic carbocycles. The lowest BCUT2D eigenvalue weighted by Gasteiger charge is -2.14. The molecule has 0 aliphatic heterocycles. The molecule has 4 rings (SSSR count). The molecular formula is C31H27ClF6N4O3. The van der Waals surface area contributed by atoms with Crippen molar-refractivity contribution in [3.05, 3.63) is 99.7 Å². The minimum Gasteiger partial charge on any atom is -0.352 e. The Morgan fingerprint density at radius 3 is 2.07 bits per heavy atom. The summed E-state index contributed by atoms with van der Waals surface area (Å²) < 4.78 is 79.7. The number of fused-ring (bicyclic) bond motifs is 1. The van der Waals surface area contributed by atoms with Crippen molar-refractivity contribution >= 4 is 45.9 Å². The molecule has 0 spiro atoms. The standard InChI is InChI=1S/C31H27ClF6N4O3/c1-17(2)27(43)39-15-19-5-9-24(32)23(11-19)28(44)41-22-8-10-25-20(12-22)13-26(42(25)16-30(33,34)35)29(45)40-14-18-3-6-21(7-4-18)31(36,37)38/h3-13,17H,14-16H2,1-2H3,(H,39,43)(H,40,45)(H,41,44). The quantitative estimate of drug-likeness (QED) is 0.165. The average Bonchev–Trinajstić information content (AvgIpc) is 3.30. The highest BCUT2D eigenvalue weighted by Gasteiger charge is 2.32. The van der Waals surface area contributed by atoms with E-state index in [1.807, 2.05) is 0 Å². The second-order valence-electron chi connectivity index (χ2n) is 10.5. The van der Waals surface area contributed by atoms with Crippen LogP contribution in [0.4, 0.5) is 32.0 Å². The molecule has 238 valence electrons. The first-order valence-corrected chi connectivity index (χ1v) is 13.9. The van der Waals surface area contributed by atoms with Crippen LogP contribution in [0.3, 0.4) is 0 Å². The number of hydrogen-bond donors (Lipinski definition) is 3. The van der Waals surface area contributed by atoms with Gasteiger partial charge in [0.2, 0.25) is 5.91 Å². The maximum atomic E-state index is 13.5. The fraction of sp³-hybridized carbons (Fsp3) is 0.258. The van der Waals surface area contributed by atoms with Gasteiger partial charge in [-0.1, -0.05) is 43.6 Å². The zero-order valence-electron chi connectivity index (χ0n) is 23.9. The van der Waals surface area contributed by atoms with Crippen LogP contribution in [0.5, 0.6) is 0 Å². The molecule has 0 radical (unpaired) electrons.